The summed E-state index contributed by atoms with van der Waals surface area (Å²) in [7, 11) is 0. The van der Waals surface area contributed by atoms with Crippen LogP contribution in [0.25, 0.3) is 0 Å². The Morgan fingerprint density at radius 2 is 1.58 bits per heavy atom. The lowest BCUT2D eigenvalue weighted by Crippen LogP contribution is -2.56. The maximum absolute atomic E-state index is 14.6. The van der Waals surface area contributed by atoms with Crippen LogP contribution < -0.4 is 10.6 Å². The molecular formula is C33H47N3O7. The number of carbonyl (C=O) groups is 4. The Morgan fingerprint density at radius 1 is 0.977 bits per heavy atom. The number of alkyl carbamates (subject to hydrolysis) is 1. The van der Waals surface area contributed by atoms with E-state index < -0.39 is 47.6 Å². The molecular weight excluding hydrogens is 550 g/mol. The lowest BCUT2D eigenvalue weighted by Gasteiger charge is -2.39. The van der Waals surface area contributed by atoms with Gasteiger partial charge in [-0.05, 0) is 89.3 Å². The first-order valence-corrected chi connectivity index (χ1v) is 14.8. The highest BCUT2D eigenvalue weighted by molar-refractivity contribution is 5.93. The molecule has 0 spiro atoms. The van der Waals surface area contributed by atoms with Crippen LogP contribution in [0.1, 0.15) is 82.7 Å². The van der Waals surface area contributed by atoms with Gasteiger partial charge in [-0.3, -0.25) is 14.4 Å². The van der Waals surface area contributed by atoms with Crippen LogP contribution in [0.15, 0.2) is 42.5 Å². The summed E-state index contributed by atoms with van der Waals surface area (Å²) in [5.41, 5.74) is 2.21. The lowest BCUT2D eigenvalue weighted by molar-refractivity contribution is -0.146. The van der Waals surface area contributed by atoms with Crippen molar-refractivity contribution in [3.05, 3.63) is 64.7 Å². The van der Waals surface area contributed by atoms with Crippen LogP contribution >= 0.6 is 0 Å². The van der Waals surface area contributed by atoms with E-state index in [1.54, 1.807) is 39.8 Å². The van der Waals surface area contributed by atoms with E-state index in [4.69, 9.17) is 9.47 Å². The van der Waals surface area contributed by atoms with Gasteiger partial charge in [0.25, 0.3) is 0 Å². The zero-order valence-corrected chi connectivity index (χ0v) is 26.7. The molecule has 3 atom stereocenters. The number of phenols is 1. The van der Waals surface area contributed by atoms with Gasteiger partial charge in [-0.25, -0.2) is 4.79 Å². The van der Waals surface area contributed by atoms with Gasteiger partial charge in [-0.1, -0.05) is 37.3 Å². The van der Waals surface area contributed by atoms with Gasteiger partial charge in [0.1, 0.15) is 23.4 Å². The Hall–Kier alpha value is -4.08. The fourth-order valence-corrected chi connectivity index (χ4v) is 4.77. The second kappa shape index (κ2) is 16.0. The number of ether oxygens (including phenoxy) is 2. The summed E-state index contributed by atoms with van der Waals surface area (Å²) in [6.45, 7) is 14.7. The predicted molar refractivity (Wildman–Crippen MR) is 164 cm³/mol. The van der Waals surface area contributed by atoms with Crippen LogP contribution in [0.3, 0.4) is 0 Å². The molecule has 0 aliphatic rings. The van der Waals surface area contributed by atoms with Crippen molar-refractivity contribution in [3.8, 4) is 5.75 Å². The summed E-state index contributed by atoms with van der Waals surface area (Å²) in [5, 5.41) is 15.3. The standard InChI is InChI=1S/C33H47N3O7/c1-9-23(5)36(29(28-21(3)12-11-13-22(28)4)30(39)34-19-18-27(38)42-10-2)31(40)26(35-32(41)43-33(6,7)8)20-24-14-16-25(37)17-15-24/h11-17,23,26,29,37H,9-10,18-20H2,1-8H3,(H,34,39)(H,35,41). The van der Waals surface area contributed by atoms with Crippen molar-refractivity contribution in [2.45, 2.75) is 98.4 Å². The van der Waals surface area contributed by atoms with Crippen LogP contribution in [0.2, 0.25) is 0 Å². The molecule has 3 unspecified atom stereocenters. The summed E-state index contributed by atoms with van der Waals surface area (Å²) in [6.07, 6.45) is -0.159. The van der Waals surface area contributed by atoms with Gasteiger partial charge >= 0.3 is 12.1 Å². The third kappa shape index (κ3) is 10.6. The number of aryl methyl sites for hydroxylation is 2. The molecule has 0 saturated heterocycles. The monoisotopic (exact) mass is 597 g/mol. The molecule has 236 valence electrons. The zero-order chi connectivity index (χ0) is 32.3. The van der Waals surface area contributed by atoms with Crippen molar-refractivity contribution < 1.29 is 33.8 Å². The number of benzene rings is 2. The van der Waals surface area contributed by atoms with Gasteiger partial charge in [0.2, 0.25) is 11.8 Å². The first-order valence-electron chi connectivity index (χ1n) is 14.8. The number of amides is 3. The summed E-state index contributed by atoms with van der Waals surface area (Å²) in [4.78, 5) is 55.0. The van der Waals surface area contributed by atoms with Crippen LogP contribution in [0.5, 0.6) is 5.75 Å². The van der Waals surface area contributed by atoms with E-state index in [0.717, 1.165) is 11.1 Å². The summed E-state index contributed by atoms with van der Waals surface area (Å²) >= 11 is 0. The Bertz CT molecular complexity index is 1230. The highest BCUT2D eigenvalue weighted by Crippen LogP contribution is 2.31. The van der Waals surface area contributed by atoms with E-state index in [9.17, 15) is 24.3 Å². The van der Waals surface area contributed by atoms with E-state index in [-0.39, 0.29) is 31.7 Å². The number of nitrogens with one attached hydrogen (secondary N) is 2. The second-order valence-corrected chi connectivity index (χ2v) is 11.6. The first kappa shape index (κ1) is 35.1. The summed E-state index contributed by atoms with van der Waals surface area (Å²) < 4.78 is 10.5. The third-order valence-corrected chi connectivity index (χ3v) is 6.96. The Morgan fingerprint density at radius 3 is 2.12 bits per heavy atom. The molecule has 0 aliphatic carbocycles. The quantitative estimate of drug-likeness (QED) is 0.280. The number of carbonyl (C=O) groups excluding carboxylic acids is 4. The molecule has 0 radical (unpaired) electrons. The summed E-state index contributed by atoms with van der Waals surface area (Å²) in [5.74, 6) is -1.28. The van der Waals surface area contributed by atoms with Crippen molar-refractivity contribution in [1.29, 1.82) is 0 Å². The normalized spacial score (nSPS) is 13.3. The van der Waals surface area contributed by atoms with E-state index in [1.807, 2.05) is 45.9 Å². The Kier molecular flexibility index (Phi) is 13.0. The molecule has 10 heteroatoms. The number of esters is 1. The predicted octanol–water partition coefficient (Wildman–Crippen LogP) is 4.88. The number of nitrogens with zero attached hydrogens (tertiary/aromatic N) is 1. The lowest BCUT2D eigenvalue weighted by atomic mass is 9.92. The minimum atomic E-state index is -1.09. The van der Waals surface area contributed by atoms with Gasteiger partial charge in [0.05, 0.1) is 13.0 Å². The van der Waals surface area contributed by atoms with Gasteiger partial charge in [0, 0.05) is 19.0 Å². The van der Waals surface area contributed by atoms with Gasteiger partial charge in [-0.15, -0.1) is 0 Å². The topological polar surface area (TPSA) is 134 Å². The molecule has 2 aromatic carbocycles. The zero-order valence-electron chi connectivity index (χ0n) is 26.7. The van der Waals surface area contributed by atoms with Crippen molar-refractivity contribution in [2.24, 2.45) is 0 Å². The van der Waals surface area contributed by atoms with E-state index >= 15 is 0 Å². The molecule has 0 fully saturated rings. The van der Waals surface area contributed by atoms with E-state index in [2.05, 4.69) is 10.6 Å². The molecule has 3 N–H and O–H groups in total. The molecule has 0 heterocycles. The second-order valence-electron chi connectivity index (χ2n) is 11.6. The number of rotatable bonds is 13. The Balaban J connectivity index is 2.60. The molecule has 10 nitrogen and oxygen atoms in total. The maximum Gasteiger partial charge on any atom is 0.408 e. The van der Waals surface area contributed by atoms with Crippen molar-refractivity contribution in [1.82, 2.24) is 15.5 Å². The molecule has 3 amide bonds. The van der Waals surface area contributed by atoms with Crippen molar-refractivity contribution >= 4 is 23.9 Å². The van der Waals surface area contributed by atoms with Crippen LogP contribution in [-0.4, -0.2) is 64.7 Å². The Labute approximate surface area is 255 Å². The summed E-state index contributed by atoms with van der Waals surface area (Å²) in [6, 6.07) is 9.46. The molecule has 2 aromatic rings. The van der Waals surface area contributed by atoms with Crippen molar-refractivity contribution in [2.75, 3.05) is 13.2 Å². The van der Waals surface area contributed by atoms with Crippen LogP contribution in [0, 0.1) is 13.8 Å². The molecule has 43 heavy (non-hydrogen) atoms. The average molecular weight is 598 g/mol. The van der Waals surface area contributed by atoms with Crippen LogP contribution in [-0.2, 0) is 30.3 Å². The molecule has 0 bridgehead atoms. The SMILES string of the molecule is CCOC(=O)CCNC(=O)C(c1c(C)cccc1C)N(C(=O)C(Cc1ccc(O)cc1)NC(=O)OC(C)(C)C)C(C)CC. The van der Waals surface area contributed by atoms with E-state index in [0.29, 0.717) is 17.5 Å². The third-order valence-electron chi connectivity index (χ3n) is 6.96. The molecule has 0 aliphatic heterocycles. The number of phenolic OH excluding ortho intramolecular Hbond substituents is 1. The number of aromatic hydroxyl groups is 1. The molecule has 0 aromatic heterocycles. The minimum absolute atomic E-state index is 0.0139. The van der Waals surface area contributed by atoms with Crippen molar-refractivity contribution in [3.63, 3.8) is 0 Å². The molecule has 2 rings (SSSR count). The van der Waals surface area contributed by atoms with E-state index in [1.165, 1.54) is 17.0 Å². The fourth-order valence-electron chi connectivity index (χ4n) is 4.77. The highest BCUT2D eigenvalue weighted by atomic mass is 16.6. The first-order chi connectivity index (χ1) is 20.2. The van der Waals surface area contributed by atoms with Gasteiger partial charge in [0.15, 0.2) is 0 Å². The fraction of sp³-hybridized carbons (Fsp3) is 0.515. The average Bonchev–Trinajstić information content (AvgIpc) is 2.91. The maximum atomic E-state index is 14.6. The van der Waals surface area contributed by atoms with Gasteiger partial charge < -0.3 is 30.1 Å². The number of hydrogen-bond acceptors (Lipinski definition) is 7. The highest BCUT2D eigenvalue weighted by Gasteiger charge is 2.39. The smallest absolute Gasteiger partial charge is 0.408 e. The molecule has 0 saturated carbocycles. The largest absolute Gasteiger partial charge is 0.508 e. The van der Waals surface area contributed by atoms with Gasteiger partial charge in [-0.2, -0.15) is 0 Å². The van der Waals surface area contributed by atoms with Crippen LogP contribution in [0.4, 0.5) is 4.79 Å². The minimum Gasteiger partial charge on any atom is -0.508 e. The number of hydrogen-bond donors (Lipinski definition) is 3.